The molecule has 3 aliphatic rings. The van der Waals surface area contributed by atoms with Gasteiger partial charge in [0.05, 0.1) is 11.3 Å². The second kappa shape index (κ2) is 7.17. The fourth-order valence-corrected chi connectivity index (χ4v) is 4.43. The van der Waals surface area contributed by atoms with Crippen molar-refractivity contribution in [3.8, 4) is 0 Å². The Balaban J connectivity index is 1.59. The molecule has 2 aliphatic heterocycles. The second-order valence-electron chi connectivity index (χ2n) is 7.88. The summed E-state index contributed by atoms with van der Waals surface area (Å²) in [5.74, 6) is -1.21. The van der Waals surface area contributed by atoms with Gasteiger partial charge in [0.15, 0.2) is 6.61 Å². The van der Waals surface area contributed by atoms with Crippen LogP contribution in [-0.4, -0.2) is 53.4 Å². The molecule has 2 atom stereocenters. The van der Waals surface area contributed by atoms with Gasteiger partial charge in [-0.15, -0.1) is 0 Å². The first-order valence-corrected chi connectivity index (χ1v) is 10.1. The molecule has 1 saturated heterocycles. The Morgan fingerprint density at radius 2 is 2.00 bits per heavy atom. The molecule has 0 spiro atoms. The van der Waals surface area contributed by atoms with Gasteiger partial charge in [0.1, 0.15) is 0 Å². The topological polar surface area (TPSA) is 96.0 Å². The number of para-hydroxylation sites is 1. The average Bonchev–Trinajstić information content (AvgIpc) is 3.50. The summed E-state index contributed by atoms with van der Waals surface area (Å²) < 4.78 is 5.35. The molecule has 1 N–H and O–H groups in total. The number of fused-ring (bicyclic) bond motifs is 3. The first-order valence-electron chi connectivity index (χ1n) is 10.1. The minimum atomic E-state index is -1.54. The monoisotopic (exact) mass is 399 g/mol. The molecule has 29 heavy (non-hydrogen) atoms. The van der Waals surface area contributed by atoms with Gasteiger partial charge in [0, 0.05) is 25.4 Å². The lowest BCUT2D eigenvalue weighted by Crippen LogP contribution is -2.68. The van der Waals surface area contributed by atoms with E-state index in [1.807, 2.05) is 6.92 Å². The van der Waals surface area contributed by atoms with Crippen molar-refractivity contribution in [1.29, 1.82) is 0 Å². The summed E-state index contributed by atoms with van der Waals surface area (Å²) in [7, 11) is 0. The van der Waals surface area contributed by atoms with Crippen LogP contribution in [0.25, 0.3) is 0 Å². The molecule has 8 nitrogen and oxygen atoms in total. The molecule has 1 aromatic rings. The third-order valence-electron chi connectivity index (χ3n) is 6.07. The van der Waals surface area contributed by atoms with Crippen LogP contribution in [0, 0.1) is 5.92 Å². The molecular formula is C21H25N3O5. The Morgan fingerprint density at radius 3 is 2.69 bits per heavy atom. The first kappa shape index (κ1) is 19.4. The number of nitrogens with one attached hydrogen (secondary N) is 1. The summed E-state index contributed by atoms with van der Waals surface area (Å²) in [6.07, 6.45) is 2.44. The number of rotatable bonds is 6. The molecule has 0 bridgehead atoms. The molecule has 0 radical (unpaired) electrons. The van der Waals surface area contributed by atoms with Crippen molar-refractivity contribution in [3.63, 3.8) is 0 Å². The van der Waals surface area contributed by atoms with E-state index in [0.717, 1.165) is 12.8 Å². The summed E-state index contributed by atoms with van der Waals surface area (Å²) in [5, 5.41) is 2.84. The van der Waals surface area contributed by atoms with Crippen LogP contribution in [-0.2, 0) is 19.1 Å². The number of hydrogen-bond donors (Lipinski definition) is 1. The Kier molecular flexibility index (Phi) is 4.80. The maximum atomic E-state index is 13.2. The van der Waals surface area contributed by atoms with Crippen LogP contribution in [0.5, 0.6) is 0 Å². The Bertz CT molecular complexity index is 881. The second-order valence-corrected chi connectivity index (χ2v) is 7.88. The maximum absolute atomic E-state index is 13.2. The zero-order chi connectivity index (χ0) is 20.8. The predicted molar refractivity (Wildman–Crippen MR) is 104 cm³/mol. The van der Waals surface area contributed by atoms with Crippen molar-refractivity contribution in [2.75, 3.05) is 18.1 Å². The summed E-state index contributed by atoms with van der Waals surface area (Å²) in [4.78, 5) is 54.0. The predicted octanol–water partition coefficient (Wildman–Crippen LogP) is 1.44. The average molecular weight is 399 g/mol. The number of nitrogens with zero attached hydrogens (tertiary/aromatic N) is 2. The van der Waals surface area contributed by atoms with Gasteiger partial charge >= 0.3 is 5.97 Å². The zero-order valence-electron chi connectivity index (χ0n) is 16.6. The van der Waals surface area contributed by atoms with Gasteiger partial charge < -0.3 is 15.0 Å². The summed E-state index contributed by atoms with van der Waals surface area (Å²) >= 11 is 0. The minimum Gasteiger partial charge on any atom is -0.452 e. The smallest absolute Gasteiger partial charge is 0.354 e. The largest absolute Gasteiger partial charge is 0.452 e. The van der Waals surface area contributed by atoms with Crippen molar-refractivity contribution in [2.45, 2.75) is 51.2 Å². The van der Waals surface area contributed by atoms with E-state index in [1.165, 1.54) is 9.80 Å². The summed E-state index contributed by atoms with van der Waals surface area (Å²) in [5.41, 5.74) is -0.753. The lowest BCUT2D eigenvalue weighted by atomic mass is 9.96. The Morgan fingerprint density at radius 1 is 1.28 bits per heavy atom. The molecule has 1 saturated carbocycles. The normalized spacial score (nSPS) is 24.1. The SMILES string of the molecule is CCN1C(=O)c2ccccc2N2C(=O)CC[C@]12C(=O)OCC(=O)N[C@@H](C)C1CC1. The molecule has 0 aromatic heterocycles. The molecule has 2 heterocycles. The third-order valence-corrected chi connectivity index (χ3v) is 6.07. The zero-order valence-corrected chi connectivity index (χ0v) is 16.6. The van der Waals surface area contributed by atoms with Crippen LogP contribution in [0.4, 0.5) is 5.69 Å². The molecule has 1 aromatic carbocycles. The lowest BCUT2D eigenvalue weighted by molar-refractivity contribution is -0.160. The molecule has 8 heteroatoms. The number of ether oxygens (including phenoxy) is 1. The van der Waals surface area contributed by atoms with E-state index in [9.17, 15) is 19.2 Å². The van der Waals surface area contributed by atoms with Crippen LogP contribution in [0.2, 0.25) is 0 Å². The van der Waals surface area contributed by atoms with E-state index in [0.29, 0.717) is 17.2 Å². The Hall–Kier alpha value is -2.90. The van der Waals surface area contributed by atoms with Crippen molar-refractivity contribution >= 4 is 29.4 Å². The number of benzene rings is 1. The highest BCUT2D eigenvalue weighted by Crippen LogP contribution is 2.44. The van der Waals surface area contributed by atoms with E-state index in [1.54, 1.807) is 31.2 Å². The Labute approximate surface area is 169 Å². The number of esters is 1. The molecule has 0 unspecified atom stereocenters. The minimum absolute atomic E-state index is 0.0409. The number of amides is 3. The highest BCUT2D eigenvalue weighted by molar-refractivity contribution is 6.15. The number of hydrogen-bond acceptors (Lipinski definition) is 5. The fourth-order valence-electron chi connectivity index (χ4n) is 4.43. The van der Waals surface area contributed by atoms with Crippen LogP contribution in [0.3, 0.4) is 0 Å². The summed E-state index contributed by atoms with van der Waals surface area (Å²) in [6, 6.07) is 6.80. The van der Waals surface area contributed by atoms with Gasteiger partial charge in [0.25, 0.3) is 11.8 Å². The third kappa shape index (κ3) is 3.07. The molecule has 154 valence electrons. The van der Waals surface area contributed by atoms with Crippen LogP contribution >= 0.6 is 0 Å². The standard InChI is InChI=1S/C21H25N3O5/c1-3-23-19(27)15-6-4-5-7-16(15)24-18(26)10-11-21(23,24)20(28)29-12-17(25)22-13(2)14-8-9-14/h4-7,13-14H,3,8-12H2,1-2H3,(H,22,25)/t13-,21-/m0/s1. The van der Waals surface area contributed by atoms with Crippen LogP contribution in [0.15, 0.2) is 24.3 Å². The molecule has 2 fully saturated rings. The van der Waals surface area contributed by atoms with Crippen LogP contribution in [0.1, 0.15) is 49.9 Å². The quantitative estimate of drug-likeness (QED) is 0.731. The number of likely N-dealkylation sites (N-methyl/N-ethyl adjacent to an activating group) is 1. The van der Waals surface area contributed by atoms with Crippen LogP contribution < -0.4 is 10.2 Å². The number of carbonyl (C=O) groups is 4. The van der Waals surface area contributed by atoms with Gasteiger partial charge in [-0.05, 0) is 44.7 Å². The van der Waals surface area contributed by atoms with E-state index < -0.39 is 18.2 Å². The lowest BCUT2D eigenvalue weighted by Gasteiger charge is -2.47. The van der Waals surface area contributed by atoms with Crippen molar-refractivity contribution in [1.82, 2.24) is 10.2 Å². The molecule has 4 rings (SSSR count). The van der Waals surface area contributed by atoms with Gasteiger partial charge in [0.2, 0.25) is 11.6 Å². The highest BCUT2D eigenvalue weighted by Gasteiger charge is 2.61. The fraction of sp³-hybridized carbons (Fsp3) is 0.524. The number of carbonyl (C=O) groups excluding carboxylic acids is 4. The number of anilines is 1. The maximum Gasteiger partial charge on any atom is 0.354 e. The highest BCUT2D eigenvalue weighted by atomic mass is 16.5. The van der Waals surface area contributed by atoms with E-state index in [2.05, 4.69) is 5.32 Å². The van der Waals surface area contributed by atoms with Crippen molar-refractivity contribution in [2.24, 2.45) is 5.92 Å². The van der Waals surface area contributed by atoms with E-state index in [-0.39, 0.29) is 43.1 Å². The molecular weight excluding hydrogens is 374 g/mol. The molecule has 1 aliphatic carbocycles. The van der Waals surface area contributed by atoms with Crippen molar-refractivity contribution < 1.29 is 23.9 Å². The summed E-state index contributed by atoms with van der Waals surface area (Å²) in [6.45, 7) is 3.49. The van der Waals surface area contributed by atoms with Gasteiger partial charge in [-0.1, -0.05) is 12.1 Å². The van der Waals surface area contributed by atoms with Gasteiger partial charge in [-0.25, -0.2) is 4.79 Å². The van der Waals surface area contributed by atoms with Gasteiger partial charge in [-0.2, -0.15) is 0 Å². The van der Waals surface area contributed by atoms with E-state index in [4.69, 9.17) is 4.74 Å². The first-order chi connectivity index (χ1) is 13.9. The van der Waals surface area contributed by atoms with Gasteiger partial charge in [-0.3, -0.25) is 19.3 Å². The molecule has 3 amide bonds. The van der Waals surface area contributed by atoms with Crippen molar-refractivity contribution in [3.05, 3.63) is 29.8 Å². The van der Waals surface area contributed by atoms with E-state index >= 15 is 0 Å².